The lowest BCUT2D eigenvalue weighted by molar-refractivity contribution is 0.667. The predicted octanol–water partition coefficient (Wildman–Crippen LogP) is 7.40. The van der Waals surface area contributed by atoms with Crippen LogP contribution in [0.3, 0.4) is 0 Å². The van der Waals surface area contributed by atoms with Crippen molar-refractivity contribution in [2.24, 2.45) is 0 Å². The van der Waals surface area contributed by atoms with E-state index >= 15 is 0 Å². The molecule has 118 valence electrons. The first kappa shape index (κ1) is 13.5. The topological polar surface area (TPSA) is 26.3 Å². The Hall–Kier alpha value is -2.78. The number of para-hydroxylation sites is 2. The lowest BCUT2D eigenvalue weighted by Gasteiger charge is -2.04. The van der Waals surface area contributed by atoms with Crippen LogP contribution in [0.15, 0.2) is 80.0 Å². The van der Waals surface area contributed by atoms with E-state index in [1.165, 1.54) is 10.8 Å². The van der Waals surface area contributed by atoms with Gasteiger partial charge in [-0.15, -0.1) is 0 Å². The minimum atomic E-state index is 0.881. The minimum Gasteiger partial charge on any atom is -0.456 e. The van der Waals surface area contributed by atoms with Crippen molar-refractivity contribution in [3.05, 3.63) is 71.2 Å². The van der Waals surface area contributed by atoms with Gasteiger partial charge in [-0.2, -0.15) is 0 Å². The standard InChI is InChI=1S/C22H11BrO2/c23-15-11-12-9-10-18-20(13-5-1-3-7-16(13)24-18)19(12)21-14-6-2-4-8-17(14)25-22(15)21/h1-11H. The summed E-state index contributed by atoms with van der Waals surface area (Å²) in [5.74, 6) is 0. The minimum absolute atomic E-state index is 0.881. The highest BCUT2D eigenvalue weighted by Crippen LogP contribution is 2.44. The highest BCUT2D eigenvalue weighted by atomic mass is 79.9. The molecule has 6 rings (SSSR count). The van der Waals surface area contributed by atoms with Gasteiger partial charge in [0, 0.05) is 26.9 Å². The third-order valence-electron chi connectivity index (χ3n) is 4.92. The fraction of sp³-hybridized carbons (Fsp3) is 0. The summed E-state index contributed by atoms with van der Waals surface area (Å²) in [6, 6.07) is 22.7. The van der Waals surface area contributed by atoms with Gasteiger partial charge in [0.1, 0.15) is 22.3 Å². The van der Waals surface area contributed by atoms with E-state index in [0.717, 1.165) is 48.3 Å². The number of fused-ring (bicyclic) bond motifs is 9. The molecule has 0 saturated carbocycles. The molecular formula is C22H11BrO2. The maximum Gasteiger partial charge on any atom is 0.150 e. The van der Waals surface area contributed by atoms with Crippen LogP contribution >= 0.6 is 15.9 Å². The molecule has 0 aliphatic rings. The Kier molecular flexibility index (Phi) is 2.51. The predicted molar refractivity (Wildman–Crippen MR) is 106 cm³/mol. The zero-order valence-electron chi connectivity index (χ0n) is 13.0. The second-order valence-electron chi connectivity index (χ2n) is 6.30. The molecule has 3 heteroatoms. The van der Waals surface area contributed by atoms with E-state index in [2.05, 4.69) is 58.4 Å². The maximum absolute atomic E-state index is 6.15. The van der Waals surface area contributed by atoms with E-state index in [0.29, 0.717) is 0 Å². The molecule has 0 N–H and O–H groups in total. The molecule has 0 aliphatic carbocycles. The summed E-state index contributed by atoms with van der Waals surface area (Å²) in [7, 11) is 0. The molecule has 0 spiro atoms. The van der Waals surface area contributed by atoms with Crippen molar-refractivity contribution in [1.29, 1.82) is 0 Å². The molecule has 0 saturated heterocycles. The number of halogens is 1. The lowest BCUT2D eigenvalue weighted by atomic mass is 9.99. The van der Waals surface area contributed by atoms with E-state index in [9.17, 15) is 0 Å². The third-order valence-corrected chi connectivity index (χ3v) is 5.51. The van der Waals surface area contributed by atoms with Crippen LogP contribution in [0.4, 0.5) is 0 Å². The largest absolute Gasteiger partial charge is 0.456 e. The molecule has 0 unspecified atom stereocenters. The molecular weight excluding hydrogens is 376 g/mol. The molecule has 0 radical (unpaired) electrons. The summed E-state index contributed by atoms with van der Waals surface area (Å²) in [6.45, 7) is 0. The Balaban J connectivity index is 2.04. The fourth-order valence-electron chi connectivity index (χ4n) is 3.89. The van der Waals surface area contributed by atoms with E-state index in [1.807, 2.05) is 24.3 Å². The van der Waals surface area contributed by atoms with Crippen LogP contribution < -0.4 is 0 Å². The molecule has 6 aromatic rings. The van der Waals surface area contributed by atoms with Gasteiger partial charge in [-0.3, -0.25) is 0 Å². The Morgan fingerprint density at radius 2 is 1.28 bits per heavy atom. The molecule has 4 aromatic carbocycles. The second kappa shape index (κ2) is 4.64. The van der Waals surface area contributed by atoms with Gasteiger partial charge in [-0.25, -0.2) is 0 Å². The zero-order valence-corrected chi connectivity index (χ0v) is 14.6. The van der Waals surface area contributed by atoms with Gasteiger partial charge in [-0.1, -0.05) is 42.5 Å². The molecule has 0 fully saturated rings. The molecule has 0 aliphatic heterocycles. The van der Waals surface area contributed by atoms with Crippen molar-refractivity contribution in [2.75, 3.05) is 0 Å². The van der Waals surface area contributed by atoms with E-state index in [1.54, 1.807) is 0 Å². The van der Waals surface area contributed by atoms with Crippen LogP contribution in [0.25, 0.3) is 54.6 Å². The number of hydrogen-bond acceptors (Lipinski definition) is 2. The first-order valence-electron chi connectivity index (χ1n) is 8.15. The summed E-state index contributed by atoms with van der Waals surface area (Å²) in [6.07, 6.45) is 0. The van der Waals surface area contributed by atoms with E-state index < -0.39 is 0 Å². The van der Waals surface area contributed by atoms with E-state index in [4.69, 9.17) is 8.83 Å². The number of hydrogen-bond donors (Lipinski definition) is 0. The van der Waals surface area contributed by atoms with Crippen LogP contribution in [-0.4, -0.2) is 0 Å². The summed E-state index contributed by atoms with van der Waals surface area (Å²) < 4.78 is 13.2. The Morgan fingerprint density at radius 1 is 0.600 bits per heavy atom. The lowest BCUT2D eigenvalue weighted by Crippen LogP contribution is -1.79. The average Bonchev–Trinajstić information content (AvgIpc) is 3.20. The zero-order chi connectivity index (χ0) is 16.5. The molecule has 2 nitrogen and oxygen atoms in total. The molecule has 0 atom stereocenters. The Bertz CT molecular complexity index is 1450. The van der Waals surface area contributed by atoms with Crippen LogP contribution in [0.1, 0.15) is 0 Å². The number of benzene rings is 4. The van der Waals surface area contributed by atoms with Crippen LogP contribution in [-0.2, 0) is 0 Å². The monoisotopic (exact) mass is 386 g/mol. The molecule has 2 aromatic heterocycles. The van der Waals surface area contributed by atoms with Crippen molar-refractivity contribution in [2.45, 2.75) is 0 Å². The normalized spacial score (nSPS) is 12.2. The molecule has 0 amide bonds. The van der Waals surface area contributed by atoms with Gasteiger partial charge in [0.2, 0.25) is 0 Å². The highest BCUT2D eigenvalue weighted by molar-refractivity contribution is 9.10. The van der Waals surface area contributed by atoms with Crippen molar-refractivity contribution in [3.8, 4) is 0 Å². The van der Waals surface area contributed by atoms with Crippen LogP contribution in [0.5, 0.6) is 0 Å². The van der Waals surface area contributed by atoms with Crippen molar-refractivity contribution >= 4 is 70.6 Å². The third kappa shape index (κ3) is 1.68. The van der Waals surface area contributed by atoms with Gasteiger partial charge in [0.05, 0.1) is 4.47 Å². The Labute approximate surface area is 150 Å². The van der Waals surface area contributed by atoms with Crippen molar-refractivity contribution in [1.82, 2.24) is 0 Å². The van der Waals surface area contributed by atoms with Gasteiger partial charge < -0.3 is 8.83 Å². The van der Waals surface area contributed by atoms with Gasteiger partial charge in [-0.05, 0) is 45.6 Å². The number of furan rings is 2. The fourth-order valence-corrected chi connectivity index (χ4v) is 4.41. The van der Waals surface area contributed by atoms with Gasteiger partial charge in [0.25, 0.3) is 0 Å². The maximum atomic E-state index is 6.15. The van der Waals surface area contributed by atoms with Crippen molar-refractivity contribution < 1.29 is 8.83 Å². The summed E-state index contributed by atoms with van der Waals surface area (Å²) >= 11 is 3.68. The number of rotatable bonds is 0. The summed E-state index contributed by atoms with van der Waals surface area (Å²) in [5.41, 5.74) is 3.60. The first-order valence-corrected chi connectivity index (χ1v) is 8.94. The molecule has 2 heterocycles. The van der Waals surface area contributed by atoms with Crippen LogP contribution in [0.2, 0.25) is 0 Å². The smallest absolute Gasteiger partial charge is 0.150 e. The molecule has 0 bridgehead atoms. The summed E-state index contributed by atoms with van der Waals surface area (Å²) in [5, 5.41) is 6.91. The summed E-state index contributed by atoms with van der Waals surface area (Å²) in [4.78, 5) is 0. The SMILES string of the molecule is Brc1cc2ccc3oc4ccccc4c3c2c2c1oc1ccccc12. The second-order valence-corrected chi connectivity index (χ2v) is 7.15. The van der Waals surface area contributed by atoms with Gasteiger partial charge in [0.15, 0.2) is 0 Å². The van der Waals surface area contributed by atoms with Gasteiger partial charge >= 0.3 is 0 Å². The van der Waals surface area contributed by atoms with Crippen molar-refractivity contribution in [3.63, 3.8) is 0 Å². The average molecular weight is 387 g/mol. The first-order chi connectivity index (χ1) is 12.3. The quantitative estimate of drug-likeness (QED) is 0.271. The Morgan fingerprint density at radius 3 is 2.08 bits per heavy atom. The van der Waals surface area contributed by atoms with E-state index in [-0.39, 0.29) is 0 Å². The highest BCUT2D eigenvalue weighted by Gasteiger charge is 2.18. The molecule has 25 heavy (non-hydrogen) atoms. The van der Waals surface area contributed by atoms with Crippen LogP contribution in [0, 0.1) is 0 Å².